The van der Waals surface area contributed by atoms with Crippen molar-refractivity contribution >= 4 is 17.3 Å². The van der Waals surface area contributed by atoms with Gasteiger partial charge in [0.15, 0.2) is 0 Å². The van der Waals surface area contributed by atoms with E-state index >= 15 is 0 Å². The highest BCUT2D eigenvalue weighted by atomic mass is 16.6. The molecular weight excluding hydrogens is 272 g/mol. The number of nitrogens with zero attached hydrogens (tertiary/aromatic N) is 2. The van der Waals surface area contributed by atoms with Crippen LogP contribution >= 0.6 is 0 Å². The molecule has 0 aliphatic carbocycles. The molecule has 1 amide bonds. The van der Waals surface area contributed by atoms with Gasteiger partial charge in [-0.15, -0.1) is 0 Å². The molecule has 0 saturated heterocycles. The minimum atomic E-state index is -0.488. The highest BCUT2D eigenvalue weighted by molar-refractivity contribution is 6.01. The molecule has 2 N–H and O–H groups in total. The maximum absolute atomic E-state index is 12.3. The van der Waals surface area contributed by atoms with Crippen molar-refractivity contribution in [1.29, 1.82) is 0 Å². The third-order valence-electron chi connectivity index (χ3n) is 2.85. The fourth-order valence-electron chi connectivity index (χ4n) is 2.14. The number of carbonyl (C=O) groups is 1. The molecule has 116 valence electrons. The second-order valence-electron chi connectivity index (χ2n) is 5.12. The molecule has 0 aromatic heterocycles. The third kappa shape index (κ3) is 4.71. The first-order chi connectivity index (χ1) is 9.86. The van der Waals surface area contributed by atoms with Crippen LogP contribution in [0.4, 0.5) is 11.4 Å². The molecule has 0 heterocycles. The first-order valence-electron chi connectivity index (χ1n) is 6.83. The van der Waals surface area contributed by atoms with Crippen molar-refractivity contribution < 1.29 is 9.72 Å². The molecule has 1 rings (SSSR count). The summed E-state index contributed by atoms with van der Waals surface area (Å²) in [5.41, 5.74) is 0.459. The highest BCUT2D eigenvalue weighted by Gasteiger charge is 2.21. The normalized spacial score (nSPS) is 12.0. The highest BCUT2D eigenvalue weighted by Crippen LogP contribution is 2.28. The van der Waals surface area contributed by atoms with Crippen LogP contribution in [-0.4, -0.2) is 49.0 Å². The first-order valence-corrected chi connectivity index (χ1v) is 6.83. The molecule has 0 radical (unpaired) electrons. The predicted molar refractivity (Wildman–Crippen MR) is 82.7 cm³/mol. The number of likely N-dealkylation sites (N-methyl/N-ethyl adjacent to an activating group) is 1. The van der Waals surface area contributed by atoms with Gasteiger partial charge in [-0.1, -0.05) is 6.07 Å². The first kappa shape index (κ1) is 16.9. The van der Waals surface area contributed by atoms with Crippen molar-refractivity contribution in [2.75, 3.05) is 32.5 Å². The van der Waals surface area contributed by atoms with Gasteiger partial charge in [0.25, 0.3) is 11.6 Å². The minimum absolute atomic E-state index is 0.0544. The third-order valence-corrected chi connectivity index (χ3v) is 2.85. The molecule has 0 saturated carbocycles. The summed E-state index contributed by atoms with van der Waals surface area (Å²) in [5, 5.41) is 16.8. The lowest BCUT2D eigenvalue weighted by Crippen LogP contribution is -2.39. The van der Waals surface area contributed by atoms with E-state index in [1.807, 2.05) is 32.8 Å². The molecule has 0 bridgehead atoms. The topological polar surface area (TPSA) is 87.5 Å². The maximum Gasteiger partial charge on any atom is 0.293 e. The van der Waals surface area contributed by atoms with E-state index in [1.54, 1.807) is 6.07 Å². The van der Waals surface area contributed by atoms with Gasteiger partial charge in [-0.2, -0.15) is 0 Å². The van der Waals surface area contributed by atoms with E-state index in [-0.39, 0.29) is 28.9 Å². The van der Waals surface area contributed by atoms with E-state index < -0.39 is 4.92 Å². The van der Waals surface area contributed by atoms with Crippen LogP contribution in [-0.2, 0) is 0 Å². The molecule has 1 aromatic rings. The summed E-state index contributed by atoms with van der Waals surface area (Å²) in [5.74, 6) is -0.316. The van der Waals surface area contributed by atoms with Crippen molar-refractivity contribution in [2.24, 2.45) is 0 Å². The number of rotatable bonds is 7. The molecule has 0 aliphatic heterocycles. The summed E-state index contributed by atoms with van der Waals surface area (Å²) in [6, 6.07) is 4.44. The fraction of sp³-hybridized carbons (Fsp3) is 0.500. The van der Waals surface area contributed by atoms with Crippen molar-refractivity contribution in [3.8, 4) is 0 Å². The molecule has 1 unspecified atom stereocenters. The lowest BCUT2D eigenvalue weighted by Gasteiger charge is -2.19. The molecule has 1 atom stereocenters. The molecule has 0 fully saturated rings. The Morgan fingerprint density at radius 2 is 2.10 bits per heavy atom. The number of hydrogen-bond acceptors (Lipinski definition) is 5. The van der Waals surface area contributed by atoms with Crippen LogP contribution in [0.1, 0.15) is 24.2 Å². The predicted octanol–water partition coefficient (Wildman–Crippen LogP) is 1.71. The average Bonchev–Trinajstić information content (AvgIpc) is 2.37. The summed E-state index contributed by atoms with van der Waals surface area (Å²) >= 11 is 0. The Kier molecular flexibility index (Phi) is 6.10. The van der Waals surface area contributed by atoms with E-state index in [0.717, 1.165) is 0 Å². The number of nitro groups is 1. The van der Waals surface area contributed by atoms with Gasteiger partial charge in [0.1, 0.15) is 5.69 Å². The van der Waals surface area contributed by atoms with Gasteiger partial charge in [0.2, 0.25) is 0 Å². The molecular formula is C14H22N4O3. The number of nitro benzene ring substituents is 1. The van der Waals surface area contributed by atoms with Crippen LogP contribution in [0.25, 0.3) is 0 Å². The van der Waals surface area contributed by atoms with Crippen molar-refractivity contribution in [3.63, 3.8) is 0 Å². The van der Waals surface area contributed by atoms with Gasteiger partial charge in [0, 0.05) is 25.2 Å². The minimum Gasteiger partial charge on any atom is -0.379 e. The molecule has 7 heteroatoms. The number of amides is 1. The van der Waals surface area contributed by atoms with Gasteiger partial charge in [0.05, 0.1) is 10.5 Å². The van der Waals surface area contributed by atoms with Gasteiger partial charge in [-0.3, -0.25) is 14.9 Å². The van der Waals surface area contributed by atoms with Gasteiger partial charge < -0.3 is 15.5 Å². The second kappa shape index (κ2) is 7.58. The van der Waals surface area contributed by atoms with E-state index in [2.05, 4.69) is 10.6 Å². The summed E-state index contributed by atoms with van der Waals surface area (Å²) in [4.78, 5) is 24.9. The maximum atomic E-state index is 12.3. The molecule has 0 spiro atoms. The number of nitrogens with one attached hydrogen (secondary N) is 2. The van der Waals surface area contributed by atoms with E-state index in [0.29, 0.717) is 13.1 Å². The summed E-state index contributed by atoms with van der Waals surface area (Å²) < 4.78 is 0. The Morgan fingerprint density at radius 3 is 2.62 bits per heavy atom. The molecule has 0 aliphatic rings. The zero-order chi connectivity index (χ0) is 16.0. The smallest absolute Gasteiger partial charge is 0.293 e. The Balaban J connectivity index is 3.03. The van der Waals surface area contributed by atoms with Crippen molar-refractivity contribution in [3.05, 3.63) is 33.9 Å². The van der Waals surface area contributed by atoms with E-state index in [4.69, 9.17) is 0 Å². The number of para-hydroxylation sites is 1. The average molecular weight is 294 g/mol. The van der Waals surface area contributed by atoms with Gasteiger partial charge in [-0.05, 0) is 34.0 Å². The SMILES string of the molecule is CCNc1c(C(=O)NC(C)CN(C)C)cccc1[N+](=O)[O-]. The largest absolute Gasteiger partial charge is 0.379 e. The Labute approximate surface area is 124 Å². The second-order valence-corrected chi connectivity index (χ2v) is 5.12. The fourth-order valence-corrected chi connectivity index (χ4v) is 2.14. The zero-order valence-electron chi connectivity index (χ0n) is 12.8. The van der Waals surface area contributed by atoms with Crippen LogP contribution in [0.15, 0.2) is 18.2 Å². The van der Waals surface area contributed by atoms with E-state index in [9.17, 15) is 14.9 Å². The Bertz CT molecular complexity index is 517. The van der Waals surface area contributed by atoms with Crippen LogP contribution in [0.3, 0.4) is 0 Å². The number of carbonyl (C=O) groups excluding carboxylic acids is 1. The number of benzene rings is 1. The van der Waals surface area contributed by atoms with Crippen LogP contribution in [0.2, 0.25) is 0 Å². The van der Waals surface area contributed by atoms with Crippen LogP contribution < -0.4 is 10.6 Å². The zero-order valence-corrected chi connectivity index (χ0v) is 12.8. The van der Waals surface area contributed by atoms with Crippen LogP contribution in [0, 0.1) is 10.1 Å². The summed E-state index contributed by atoms with van der Waals surface area (Å²) in [6.45, 7) is 4.91. The molecule has 7 nitrogen and oxygen atoms in total. The summed E-state index contributed by atoms with van der Waals surface area (Å²) in [6.07, 6.45) is 0. The van der Waals surface area contributed by atoms with Gasteiger partial charge >= 0.3 is 0 Å². The van der Waals surface area contributed by atoms with E-state index in [1.165, 1.54) is 12.1 Å². The lowest BCUT2D eigenvalue weighted by molar-refractivity contribution is -0.384. The number of anilines is 1. The monoisotopic (exact) mass is 294 g/mol. The van der Waals surface area contributed by atoms with Gasteiger partial charge in [-0.25, -0.2) is 0 Å². The quantitative estimate of drug-likeness (QED) is 0.590. The molecule has 21 heavy (non-hydrogen) atoms. The summed E-state index contributed by atoms with van der Waals surface area (Å²) in [7, 11) is 3.83. The van der Waals surface area contributed by atoms with Crippen LogP contribution in [0.5, 0.6) is 0 Å². The lowest BCUT2D eigenvalue weighted by atomic mass is 10.1. The van der Waals surface area contributed by atoms with Crippen molar-refractivity contribution in [1.82, 2.24) is 10.2 Å². The number of hydrogen-bond donors (Lipinski definition) is 2. The Hall–Kier alpha value is -2.15. The molecule has 1 aromatic carbocycles. The Morgan fingerprint density at radius 1 is 1.43 bits per heavy atom. The standard InChI is InChI=1S/C14H22N4O3/c1-5-15-13-11(7-6-8-12(13)18(20)21)14(19)16-10(2)9-17(3)4/h6-8,10,15H,5,9H2,1-4H3,(H,16,19). The van der Waals surface area contributed by atoms with Crippen molar-refractivity contribution in [2.45, 2.75) is 19.9 Å².